The van der Waals surface area contributed by atoms with Gasteiger partial charge in [-0.05, 0) is 67.8 Å². The number of likely N-dealkylation sites (N-methyl/N-ethyl adjacent to an activating group) is 1. The van der Waals surface area contributed by atoms with E-state index in [1.54, 1.807) is 0 Å². The third-order valence-electron chi connectivity index (χ3n) is 3.62. The summed E-state index contributed by atoms with van der Waals surface area (Å²) in [5.74, 6) is 0. The van der Waals surface area contributed by atoms with Gasteiger partial charge in [-0.3, -0.25) is 0 Å². The van der Waals surface area contributed by atoms with Gasteiger partial charge in [-0.15, -0.1) is 0 Å². The van der Waals surface area contributed by atoms with Crippen molar-refractivity contribution in [2.75, 3.05) is 7.05 Å². The van der Waals surface area contributed by atoms with E-state index in [1.165, 1.54) is 26.7 Å². The summed E-state index contributed by atoms with van der Waals surface area (Å²) in [6, 6.07) is 12.8. The molecule has 2 aromatic carbocycles. The molecule has 0 saturated carbocycles. The summed E-state index contributed by atoms with van der Waals surface area (Å²) in [6.07, 6.45) is 0.954. The molecule has 1 unspecified atom stereocenters. The Hall–Kier alpha value is -0.830. The lowest BCUT2D eigenvalue weighted by Crippen LogP contribution is -2.20. The first-order valence-electron chi connectivity index (χ1n) is 6.69. The van der Waals surface area contributed by atoms with Crippen molar-refractivity contribution >= 4 is 27.5 Å². The highest BCUT2D eigenvalue weighted by Crippen LogP contribution is 2.27. The van der Waals surface area contributed by atoms with Crippen molar-refractivity contribution in [2.24, 2.45) is 0 Å². The molecule has 2 aromatic rings. The first-order chi connectivity index (χ1) is 9.51. The third kappa shape index (κ3) is 3.63. The molecule has 0 radical (unpaired) electrons. The van der Waals surface area contributed by atoms with E-state index >= 15 is 0 Å². The van der Waals surface area contributed by atoms with Gasteiger partial charge in [-0.2, -0.15) is 0 Å². The van der Waals surface area contributed by atoms with Crippen LogP contribution in [0.3, 0.4) is 0 Å². The Balaban J connectivity index is 2.28. The molecule has 0 aromatic heterocycles. The van der Waals surface area contributed by atoms with E-state index in [9.17, 15) is 0 Å². The normalized spacial score (nSPS) is 12.4. The van der Waals surface area contributed by atoms with Gasteiger partial charge in [0.15, 0.2) is 0 Å². The molecule has 0 aliphatic rings. The van der Waals surface area contributed by atoms with E-state index in [0.29, 0.717) is 6.04 Å². The summed E-state index contributed by atoms with van der Waals surface area (Å²) in [4.78, 5) is 0. The molecule has 0 heterocycles. The topological polar surface area (TPSA) is 12.0 Å². The van der Waals surface area contributed by atoms with Crippen molar-refractivity contribution in [1.29, 1.82) is 0 Å². The molecule has 0 saturated heterocycles. The van der Waals surface area contributed by atoms with Crippen LogP contribution in [0, 0.1) is 13.8 Å². The molecule has 106 valence electrons. The maximum atomic E-state index is 5.94. The van der Waals surface area contributed by atoms with Gasteiger partial charge in [0.1, 0.15) is 0 Å². The van der Waals surface area contributed by atoms with Crippen LogP contribution < -0.4 is 5.32 Å². The Bertz CT molecular complexity index is 593. The Morgan fingerprint density at radius 1 is 1.10 bits per heavy atom. The van der Waals surface area contributed by atoms with E-state index < -0.39 is 0 Å². The molecule has 0 aliphatic carbocycles. The summed E-state index contributed by atoms with van der Waals surface area (Å²) < 4.78 is 1.17. The molecule has 2 rings (SSSR count). The maximum absolute atomic E-state index is 5.94. The lowest BCUT2D eigenvalue weighted by Gasteiger charge is -2.20. The Kier molecular flexibility index (Phi) is 5.25. The zero-order valence-corrected chi connectivity index (χ0v) is 14.3. The summed E-state index contributed by atoms with van der Waals surface area (Å²) in [6.45, 7) is 4.29. The fraction of sp³-hybridized carbons (Fsp3) is 0.294. The largest absolute Gasteiger partial charge is 0.313 e. The van der Waals surface area contributed by atoms with Crippen molar-refractivity contribution in [3.05, 3.63) is 68.1 Å². The molecule has 1 nitrogen and oxygen atoms in total. The number of halogens is 2. The first-order valence-corrected chi connectivity index (χ1v) is 7.86. The van der Waals surface area contributed by atoms with Crippen LogP contribution in [0.25, 0.3) is 0 Å². The molecule has 0 bridgehead atoms. The van der Waals surface area contributed by atoms with Crippen molar-refractivity contribution < 1.29 is 0 Å². The van der Waals surface area contributed by atoms with Crippen LogP contribution in [0.15, 0.2) is 40.9 Å². The van der Waals surface area contributed by atoms with Gasteiger partial charge < -0.3 is 5.32 Å². The van der Waals surface area contributed by atoms with Crippen molar-refractivity contribution in [1.82, 2.24) is 5.32 Å². The van der Waals surface area contributed by atoms with Crippen molar-refractivity contribution in [3.63, 3.8) is 0 Å². The molecule has 20 heavy (non-hydrogen) atoms. The Morgan fingerprint density at radius 2 is 1.75 bits per heavy atom. The van der Waals surface area contributed by atoms with Crippen molar-refractivity contribution in [3.8, 4) is 0 Å². The van der Waals surface area contributed by atoms with Crippen LogP contribution in [0.1, 0.15) is 28.3 Å². The van der Waals surface area contributed by atoms with E-state index in [2.05, 4.69) is 59.4 Å². The van der Waals surface area contributed by atoms with Crippen LogP contribution in [0.2, 0.25) is 5.02 Å². The zero-order chi connectivity index (χ0) is 14.7. The Labute approximate surface area is 134 Å². The molecule has 0 fully saturated rings. The summed E-state index contributed by atoms with van der Waals surface area (Å²) in [5, 5.41) is 4.20. The van der Waals surface area contributed by atoms with Gasteiger partial charge in [-0.25, -0.2) is 0 Å². The zero-order valence-electron chi connectivity index (χ0n) is 12.0. The number of benzene rings is 2. The van der Waals surface area contributed by atoms with Gasteiger partial charge in [0.25, 0.3) is 0 Å². The highest BCUT2D eigenvalue weighted by atomic mass is 79.9. The minimum Gasteiger partial charge on any atom is -0.313 e. The molecule has 3 heteroatoms. The smallest absolute Gasteiger partial charge is 0.0406 e. The number of hydrogen-bond acceptors (Lipinski definition) is 1. The predicted octanol–water partition coefficient (Wildman–Crippen LogP) is 5.22. The molecule has 0 amide bonds. The molecule has 0 aliphatic heterocycles. The van der Waals surface area contributed by atoms with Crippen molar-refractivity contribution in [2.45, 2.75) is 26.3 Å². The van der Waals surface area contributed by atoms with Gasteiger partial charge in [-0.1, -0.05) is 45.7 Å². The second kappa shape index (κ2) is 6.75. The SMILES string of the molecule is CNC(Cc1ccc(Cl)cc1)c1cc(C)c(Br)cc1C. The summed E-state index contributed by atoms with van der Waals surface area (Å²) in [5.41, 5.74) is 5.20. The summed E-state index contributed by atoms with van der Waals surface area (Å²) in [7, 11) is 2.01. The van der Waals surface area contributed by atoms with Crippen LogP contribution in [0.5, 0.6) is 0 Å². The molecular weight excluding hydrogens is 334 g/mol. The minimum atomic E-state index is 0.308. The van der Waals surface area contributed by atoms with Gasteiger partial charge in [0.2, 0.25) is 0 Å². The molecular formula is C17H19BrClN. The molecule has 0 spiro atoms. The van der Waals surface area contributed by atoms with E-state index in [0.717, 1.165) is 11.4 Å². The van der Waals surface area contributed by atoms with Gasteiger partial charge >= 0.3 is 0 Å². The van der Waals surface area contributed by atoms with Crippen LogP contribution in [-0.2, 0) is 6.42 Å². The monoisotopic (exact) mass is 351 g/mol. The molecule has 1 atom stereocenters. The van der Waals surface area contributed by atoms with E-state index in [1.807, 2.05) is 19.2 Å². The van der Waals surface area contributed by atoms with Gasteiger partial charge in [0, 0.05) is 15.5 Å². The quantitative estimate of drug-likeness (QED) is 0.795. The number of rotatable bonds is 4. The number of aryl methyl sites for hydroxylation is 2. The van der Waals surface area contributed by atoms with E-state index in [4.69, 9.17) is 11.6 Å². The van der Waals surface area contributed by atoms with E-state index in [-0.39, 0.29) is 0 Å². The van der Waals surface area contributed by atoms with Crippen LogP contribution in [-0.4, -0.2) is 7.05 Å². The number of hydrogen-bond donors (Lipinski definition) is 1. The standard InChI is InChI=1S/C17H19BrClN/c1-11-9-16(18)12(2)8-15(11)17(20-3)10-13-4-6-14(19)7-5-13/h4-9,17,20H,10H2,1-3H3. The van der Waals surface area contributed by atoms with Crippen LogP contribution in [0.4, 0.5) is 0 Å². The fourth-order valence-corrected chi connectivity index (χ4v) is 2.99. The highest BCUT2D eigenvalue weighted by molar-refractivity contribution is 9.10. The average Bonchev–Trinajstić information content (AvgIpc) is 2.43. The fourth-order valence-electron chi connectivity index (χ4n) is 2.40. The first kappa shape index (κ1) is 15.6. The number of nitrogens with one attached hydrogen (secondary N) is 1. The lowest BCUT2D eigenvalue weighted by atomic mass is 9.94. The highest BCUT2D eigenvalue weighted by Gasteiger charge is 2.14. The maximum Gasteiger partial charge on any atom is 0.0406 e. The minimum absolute atomic E-state index is 0.308. The lowest BCUT2D eigenvalue weighted by molar-refractivity contribution is 0.588. The average molecular weight is 353 g/mol. The molecule has 1 N–H and O–H groups in total. The second-order valence-corrected chi connectivity index (χ2v) is 6.42. The summed E-state index contributed by atoms with van der Waals surface area (Å²) >= 11 is 9.53. The van der Waals surface area contributed by atoms with Gasteiger partial charge in [0.05, 0.1) is 0 Å². The van der Waals surface area contributed by atoms with Crippen LogP contribution >= 0.6 is 27.5 Å². The third-order valence-corrected chi connectivity index (χ3v) is 4.73. The second-order valence-electron chi connectivity index (χ2n) is 5.13. The predicted molar refractivity (Wildman–Crippen MR) is 90.6 cm³/mol. The Morgan fingerprint density at radius 3 is 2.35 bits per heavy atom.